The lowest BCUT2D eigenvalue weighted by Gasteiger charge is -2.25. The van der Waals surface area contributed by atoms with E-state index < -0.39 is 0 Å². The van der Waals surface area contributed by atoms with E-state index in [1.165, 1.54) is 0 Å². The van der Waals surface area contributed by atoms with Crippen molar-refractivity contribution in [2.24, 2.45) is 0 Å². The number of nitrogens with zero attached hydrogens (tertiary/aromatic N) is 2. The van der Waals surface area contributed by atoms with E-state index in [1.54, 1.807) is 7.11 Å². The summed E-state index contributed by atoms with van der Waals surface area (Å²) in [6.07, 6.45) is 4.53. The summed E-state index contributed by atoms with van der Waals surface area (Å²) in [5, 5.41) is 2.92. The molecule has 1 atom stereocenters. The van der Waals surface area contributed by atoms with Gasteiger partial charge in [-0.3, -0.25) is 4.79 Å². The minimum Gasteiger partial charge on any atom is -0.497 e. The van der Waals surface area contributed by atoms with Gasteiger partial charge in [-0.2, -0.15) is 0 Å². The Hall–Kier alpha value is -2.24. The number of rotatable bonds is 5. The topological polar surface area (TPSA) is 61.9 Å². The first-order valence-corrected chi connectivity index (χ1v) is 9.15. The van der Waals surface area contributed by atoms with E-state index in [2.05, 4.69) is 5.32 Å². The second-order valence-electron chi connectivity index (χ2n) is 6.69. The second-order valence-corrected chi connectivity index (χ2v) is 6.69. The lowest BCUT2D eigenvalue weighted by Crippen LogP contribution is -2.41. The third-order valence-corrected chi connectivity index (χ3v) is 5.09. The molecule has 0 spiro atoms. The Bertz CT molecular complexity index is 596. The number of carbonyl (C=O) groups excluding carboxylic acids is 2. The Morgan fingerprint density at radius 3 is 2.52 bits per heavy atom. The maximum Gasteiger partial charge on any atom is 0.317 e. The fourth-order valence-electron chi connectivity index (χ4n) is 3.68. The van der Waals surface area contributed by atoms with Gasteiger partial charge in [-0.25, -0.2) is 4.79 Å². The zero-order chi connectivity index (χ0) is 17.6. The first-order chi connectivity index (χ1) is 12.2. The lowest BCUT2D eigenvalue weighted by atomic mass is 10.0. The summed E-state index contributed by atoms with van der Waals surface area (Å²) in [6.45, 7) is 2.87. The highest BCUT2D eigenvalue weighted by Gasteiger charge is 2.30. The van der Waals surface area contributed by atoms with Crippen LogP contribution in [0.25, 0.3) is 0 Å². The van der Waals surface area contributed by atoms with E-state index in [4.69, 9.17) is 4.74 Å². The highest BCUT2D eigenvalue weighted by atomic mass is 16.5. The SMILES string of the molecule is COc1ccc(C2CCCN2C(=O)NCCC(=O)N2CCCC2)cc1. The molecule has 3 amide bonds. The molecular weight excluding hydrogens is 318 g/mol. The number of methoxy groups -OCH3 is 1. The minimum atomic E-state index is -0.0764. The van der Waals surface area contributed by atoms with Crippen molar-refractivity contribution < 1.29 is 14.3 Å². The molecule has 0 radical (unpaired) electrons. The molecule has 1 aromatic carbocycles. The molecule has 2 aliphatic rings. The summed E-state index contributed by atoms with van der Waals surface area (Å²) in [5.74, 6) is 0.962. The summed E-state index contributed by atoms with van der Waals surface area (Å²) in [4.78, 5) is 28.3. The molecule has 2 aliphatic heterocycles. The normalized spacial score (nSPS) is 20.0. The molecule has 1 aromatic rings. The Labute approximate surface area is 149 Å². The van der Waals surface area contributed by atoms with Crippen LogP contribution in [-0.4, -0.2) is 55.0 Å². The third kappa shape index (κ3) is 4.24. The molecule has 6 nitrogen and oxygen atoms in total. The Balaban J connectivity index is 1.50. The van der Waals surface area contributed by atoms with Crippen molar-refractivity contribution in [2.45, 2.75) is 38.1 Å². The van der Waals surface area contributed by atoms with Gasteiger partial charge in [0.1, 0.15) is 5.75 Å². The molecular formula is C19H27N3O3. The predicted molar refractivity (Wildman–Crippen MR) is 95.5 cm³/mol. The van der Waals surface area contributed by atoms with Crippen LogP contribution in [0.5, 0.6) is 5.75 Å². The smallest absolute Gasteiger partial charge is 0.317 e. The van der Waals surface area contributed by atoms with Gasteiger partial charge >= 0.3 is 6.03 Å². The summed E-state index contributed by atoms with van der Waals surface area (Å²) >= 11 is 0. The highest BCUT2D eigenvalue weighted by molar-refractivity contribution is 5.78. The van der Waals surface area contributed by atoms with Gasteiger partial charge in [-0.1, -0.05) is 12.1 Å². The molecule has 25 heavy (non-hydrogen) atoms. The molecule has 6 heteroatoms. The molecule has 1 N–H and O–H groups in total. The van der Waals surface area contributed by atoms with Crippen molar-refractivity contribution in [1.82, 2.24) is 15.1 Å². The molecule has 0 bridgehead atoms. The number of ether oxygens (including phenoxy) is 1. The van der Waals surface area contributed by atoms with Crippen molar-refractivity contribution >= 4 is 11.9 Å². The summed E-state index contributed by atoms with van der Waals surface area (Å²) in [7, 11) is 1.65. The molecule has 0 aromatic heterocycles. The number of hydrogen-bond donors (Lipinski definition) is 1. The van der Waals surface area contributed by atoms with Gasteiger partial charge < -0.3 is 19.9 Å². The molecule has 3 rings (SSSR count). The van der Waals surface area contributed by atoms with Gasteiger partial charge in [0.25, 0.3) is 0 Å². The van der Waals surface area contributed by atoms with Gasteiger partial charge in [0, 0.05) is 32.6 Å². The van der Waals surface area contributed by atoms with Crippen molar-refractivity contribution in [3.8, 4) is 5.75 Å². The van der Waals surface area contributed by atoms with E-state index in [1.807, 2.05) is 34.1 Å². The standard InChI is InChI=1S/C19H27N3O3/c1-25-16-8-6-15(7-9-16)17-5-4-14-22(17)19(24)20-11-10-18(23)21-12-2-3-13-21/h6-9,17H,2-5,10-14H2,1H3,(H,20,24). The molecule has 2 saturated heterocycles. The molecule has 2 fully saturated rings. The number of nitrogens with one attached hydrogen (secondary N) is 1. The average molecular weight is 345 g/mol. The fourth-order valence-corrected chi connectivity index (χ4v) is 3.68. The van der Waals surface area contributed by atoms with Crippen LogP contribution in [0.2, 0.25) is 0 Å². The molecule has 0 aliphatic carbocycles. The zero-order valence-electron chi connectivity index (χ0n) is 14.9. The fraction of sp³-hybridized carbons (Fsp3) is 0.579. The number of benzene rings is 1. The zero-order valence-corrected chi connectivity index (χ0v) is 14.9. The van der Waals surface area contributed by atoms with Gasteiger partial charge in [0.2, 0.25) is 5.91 Å². The molecule has 0 saturated carbocycles. The maximum atomic E-state index is 12.5. The third-order valence-electron chi connectivity index (χ3n) is 5.09. The van der Waals surface area contributed by atoms with E-state index >= 15 is 0 Å². The molecule has 2 heterocycles. The Morgan fingerprint density at radius 2 is 1.84 bits per heavy atom. The summed E-state index contributed by atoms with van der Waals surface area (Å²) < 4.78 is 5.20. The van der Waals surface area contributed by atoms with Crippen molar-refractivity contribution in [3.63, 3.8) is 0 Å². The average Bonchev–Trinajstić information content (AvgIpc) is 3.33. The number of urea groups is 1. The van der Waals surface area contributed by atoms with Crippen molar-refractivity contribution in [1.29, 1.82) is 0 Å². The Morgan fingerprint density at radius 1 is 1.12 bits per heavy atom. The van der Waals surface area contributed by atoms with E-state index in [9.17, 15) is 9.59 Å². The van der Waals surface area contributed by atoms with Gasteiger partial charge in [-0.15, -0.1) is 0 Å². The van der Waals surface area contributed by atoms with Crippen LogP contribution >= 0.6 is 0 Å². The summed E-state index contributed by atoms with van der Waals surface area (Å²) in [5.41, 5.74) is 1.13. The Kier molecular flexibility index (Phi) is 5.79. The van der Waals surface area contributed by atoms with Crippen LogP contribution < -0.4 is 10.1 Å². The van der Waals surface area contributed by atoms with Gasteiger partial charge in [0.15, 0.2) is 0 Å². The lowest BCUT2D eigenvalue weighted by molar-refractivity contribution is -0.129. The number of hydrogen-bond acceptors (Lipinski definition) is 3. The van der Waals surface area contributed by atoms with Gasteiger partial charge in [0.05, 0.1) is 13.2 Å². The number of likely N-dealkylation sites (tertiary alicyclic amines) is 2. The van der Waals surface area contributed by atoms with Crippen LogP contribution in [0.15, 0.2) is 24.3 Å². The van der Waals surface area contributed by atoms with Crippen molar-refractivity contribution in [2.75, 3.05) is 33.3 Å². The molecule has 136 valence electrons. The van der Waals surface area contributed by atoms with Gasteiger partial charge in [-0.05, 0) is 43.4 Å². The monoisotopic (exact) mass is 345 g/mol. The van der Waals surface area contributed by atoms with E-state index in [0.29, 0.717) is 13.0 Å². The first kappa shape index (κ1) is 17.6. The van der Waals surface area contributed by atoms with Crippen LogP contribution in [0.4, 0.5) is 4.79 Å². The quantitative estimate of drug-likeness (QED) is 0.892. The molecule has 1 unspecified atom stereocenters. The minimum absolute atomic E-state index is 0.0764. The van der Waals surface area contributed by atoms with Crippen LogP contribution in [0.1, 0.15) is 43.7 Å². The van der Waals surface area contributed by atoms with Crippen LogP contribution in [0, 0.1) is 0 Å². The maximum absolute atomic E-state index is 12.5. The number of carbonyl (C=O) groups is 2. The second kappa shape index (κ2) is 8.23. The summed E-state index contributed by atoms with van der Waals surface area (Å²) in [6, 6.07) is 7.92. The van der Waals surface area contributed by atoms with Crippen LogP contribution in [0.3, 0.4) is 0 Å². The largest absolute Gasteiger partial charge is 0.497 e. The first-order valence-electron chi connectivity index (χ1n) is 9.15. The van der Waals surface area contributed by atoms with E-state index in [-0.39, 0.29) is 18.0 Å². The highest BCUT2D eigenvalue weighted by Crippen LogP contribution is 2.32. The predicted octanol–water partition coefficient (Wildman–Crippen LogP) is 2.55. The number of amides is 3. The van der Waals surface area contributed by atoms with E-state index in [0.717, 1.165) is 56.6 Å². The van der Waals surface area contributed by atoms with Crippen LogP contribution in [-0.2, 0) is 4.79 Å². The van der Waals surface area contributed by atoms with Crippen molar-refractivity contribution in [3.05, 3.63) is 29.8 Å².